The van der Waals surface area contributed by atoms with E-state index in [0.29, 0.717) is 0 Å². The normalized spacial score (nSPS) is 13.5. The van der Waals surface area contributed by atoms with Crippen LogP contribution in [-0.2, 0) is 0 Å². The molecular formula is C13H18. The lowest BCUT2D eigenvalue weighted by Gasteiger charge is -2.03. The average Bonchev–Trinajstić information content (AvgIpc) is 2.05. The van der Waals surface area contributed by atoms with Crippen molar-refractivity contribution in [1.29, 1.82) is 0 Å². The molecule has 0 bridgehead atoms. The predicted molar refractivity (Wildman–Crippen MR) is 61.7 cm³/mol. The lowest BCUT2D eigenvalue weighted by molar-refractivity contribution is 1.35. The summed E-state index contributed by atoms with van der Waals surface area (Å²) in [5, 5.41) is 0. The van der Waals surface area contributed by atoms with Crippen LogP contribution in [0.15, 0.2) is 60.3 Å². The largest absolute Gasteiger partial charge is 0.0991 e. The van der Waals surface area contributed by atoms with Gasteiger partial charge < -0.3 is 0 Å². The van der Waals surface area contributed by atoms with E-state index in [1.807, 2.05) is 32.1 Å². The molecule has 0 nitrogen and oxygen atoms in total. The topological polar surface area (TPSA) is 0 Å². The Morgan fingerprint density at radius 3 is 2.15 bits per heavy atom. The number of rotatable bonds is 4. The van der Waals surface area contributed by atoms with Crippen molar-refractivity contribution < 1.29 is 0 Å². The van der Waals surface area contributed by atoms with Gasteiger partial charge in [-0.05, 0) is 31.9 Å². The van der Waals surface area contributed by atoms with Gasteiger partial charge in [-0.15, -0.1) is 0 Å². The van der Waals surface area contributed by atoms with E-state index in [9.17, 15) is 0 Å². The van der Waals surface area contributed by atoms with Gasteiger partial charge in [0.25, 0.3) is 0 Å². The lowest BCUT2D eigenvalue weighted by Crippen LogP contribution is -1.83. The van der Waals surface area contributed by atoms with Crippen LogP contribution in [0.1, 0.15) is 20.8 Å². The Labute approximate surface area is 81.7 Å². The Bertz CT molecular complexity index is 272. The van der Waals surface area contributed by atoms with Crippen molar-refractivity contribution in [3.63, 3.8) is 0 Å². The summed E-state index contributed by atoms with van der Waals surface area (Å²) in [6.07, 6.45) is 9.84. The fourth-order valence-corrected chi connectivity index (χ4v) is 1.11. The third-order valence-corrected chi connectivity index (χ3v) is 1.70. The third-order valence-electron chi connectivity index (χ3n) is 1.70. The molecule has 0 aromatic heterocycles. The first-order valence-electron chi connectivity index (χ1n) is 4.42. The molecule has 0 N–H and O–H groups in total. The van der Waals surface area contributed by atoms with Crippen molar-refractivity contribution >= 4 is 0 Å². The first kappa shape index (κ1) is 11.7. The molecule has 70 valence electrons. The van der Waals surface area contributed by atoms with E-state index in [0.717, 1.165) is 5.57 Å². The maximum absolute atomic E-state index is 3.93. The molecule has 0 fully saturated rings. The van der Waals surface area contributed by atoms with Crippen molar-refractivity contribution in [2.45, 2.75) is 20.8 Å². The van der Waals surface area contributed by atoms with E-state index in [4.69, 9.17) is 0 Å². The van der Waals surface area contributed by atoms with Crippen LogP contribution in [0.2, 0.25) is 0 Å². The zero-order chi connectivity index (χ0) is 10.3. The average molecular weight is 174 g/mol. The Morgan fingerprint density at radius 2 is 1.77 bits per heavy atom. The van der Waals surface area contributed by atoms with Gasteiger partial charge >= 0.3 is 0 Å². The van der Waals surface area contributed by atoms with Crippen LogP contribution < -0.4 is 0 Å². The molecule has 0 amide bonds. The molecule has 0 aliphatic heterocycles. The summed E-state index contributed by atoms with van der Waals surface area (Å²) in [4.78, 5) is 0. The second kappa shape index (κ2) is 6.24. The molecule has 0 aromatic carbocycles. The summed E-state index contributed by atoms with van der Waals surface area (Å²) in [7, 11) is 0. The Morgan fingerprint density at radius 1 is 1.15 bits per heavy atom. The quantitative estimate of drug-likeness (QED) is 0.560. The molecule has 0 saturated carbocycles. The van der Waals surface area contributed by atoms with Crippen molar-refractivity contribution in [2.75, 3.05) is 0 Å². The van der Waals surface area contributed by atoms with Gasteiger partial charge in [0, 0.05) is 0 Å². The van der Waals surface area contributed by atoms with Gasteiger partial charge in [0.2, 0.25) is 0 Å². The molecule has 0 unspecified atom stereocenters. The van der Waals surface area contributed by atoms with E-state index in [1.54, 1.807) is 6.08 Å². The van der Waals surface area contributed by atoms with Crippen LogP contribution in [0.25, 0.3) is 0 Å². The van der Waals surface area contributed by atoms with Crippen molar-refractivity contribution in [3.8, 4) is 0 Å². The molecule has 0 spiro atoms. The highest BCUT2D eigenvalue weighted by molar-refractivity contribution is 5.44. The Hall–Kier alpha value is -1.30. The second-order valence-corrected chi connectivity index (χ2v) is 2.97. The van der Waals surface area contributed by atoms with Crippen molar-refractivity contribution in [1.82, 2.24) is 0 Å². The highest BCUT2D eigenvalue weighted by Gasteiger charge is 1.95. The smallest absolute Gasteiger partial charge is 0.0204 e. The maximum Gasteiger partial charge on any atom is -0.0204 e. The lowest BCUT2D eigenvalue weighted by atomic mass is 10.0. The monoisotopic (exact) mass is 174 g/mol. The zero-order valence-electron chi connectivity index (χ0n) is 8.80. The van der Waals surface area contributed by atoms with Crippen LogP contribution in [0.5, 0.6) is 0 Å². The maximum atomic E-state index is 3.93. The number of allylic oxidation sites excluding steroid dienone is 8. The van der Waals surface area contributed by atoms with Gasteiger partial charge in [0.15, 0.2) is 0 Å². The molecule has 0 aromatic rings. The molecule has 0 aliphatic carbocycles. The molecule has 0 heterocycles. The van der Waals surface area contributed by atoms with Gasteiger partial charge in [-0.25, -0.2) is 0 Å². The number of hydrogen-bond acceptors (Lipinski definition) is 0. The highest BCUT2D eigenvalue weighted by Crippen LogP contribution is 2.15. The molecule has 0 saturated heterocycles. The third kappa shape index (κ3) is 4.32. The van der Waals surface area contributed by atoms with Gasteiger partial charge in [0.05, 0.1) is 0 Å². The van der Waals surface area contributed by atoms with Gasteiger partial charge in [0.1, 0.15) is 0 Å². The minimum Gasteiger partial charge on any atom is -0.0991 e. The van der Waals surface area contributed by atoms with Crippen LogP contribution >= 0.6 is 0 Å². The molecule has 0 aliphatic rings. The van der Waals surface area contributed by atoms with E-state index in [2.05, 4.69) is 26.2 Å². The Balaban J connectivity index is 4.98. The summed E-state index contributed by atoms with van der Waals surface area (Å²) in [6, 6.07) is 0. The van der Waals surface area contributed by atoms with E-state index >= 15 is 0 Å². The zero-order valence-corrected chi connectivity index (χ0v) is 8.80. The molecule has 0 atom stereocenters. The highest BCUT2D eigenvalue weighted by atomic mass is 14.0. The van der Waals surface area contributed by atoms with Gasteiger partial charge in [-0.1, -0.05) is 49.1 Å². The van der Waals surface area contributed by atoms with Crippen LogP contribution in [0, 0.1) is 0 Å². The molecule has 0 rings (SSSR count). The first-order chi connectivity index (χ1) is 6.13. The molecular weight excluding hydrogens is 156 g/mol. The summed E-state index contributed by atoms with van der Waals surface area (Å²) in [5.74, 6) is 0. The van der Waals surface area contributed by atoms with E-state index < -0.39 is 0 Å². The van der Waals surface area contributed by atoms with Gasteiger partial charge in [-0.2, -0.15) is 0 Å². The molecule has 0 radical (unpaired) electrons. The van der Waals surface area contributed by atoms with E-state index in [1.165, 1.54) is 11.1 Å². The molecule has 0 heteroatoms. The summed E-state index contributed by atoms with van der Waals surface area (Å²) < 4.78 is 0. The Kier molecular flexibility index (Phi) is 5.62. The fourth-order valence-electron chi connectivity index (χ4n) is 1.11. The SMILES string of the molecule is C=C\C=C/C(C(=C)C)=C(C)/C=C\C. The van der Waals surface area contributed by atoms with Crippen molar-refractivity contribution in [3.05, 3.63) is 60.3 Å². The van der Waals surface area contributed by atoms with Crippen LogP contribution in [0.4, 0.5) is 0 Å². The van der Waals surface area contributed by atoms with Crippen LogP contribution in [0.3, 0.4) is 0 Å². The van der Waals surface area contributed by atoms with E-state index in [-0.39, 0.29) is 0 Å². The summed E-state index contributed by atoms with van der Waals surface area (Å²) >= 11 is 0. The van der Waals surface area contributed by atoms with Gasteiger partial charge in [-0.3, -0.25) is 0 Å². The fraction of sp³-hybridized carbons (Fsp3) is 0.231. The first-order valence-corrected chi connectivity index (χ1v) is 4.42. The standard InChI is InChI=1S/C13H18/c1-6-8-10-13(11(3)4)12(5)9-7-2/h6-10H,1,3H2,2,4-5H3/b9-7-,10-8-,13-12-. The summed E-state index contributed by atoms with van der Waals surface area (Å²) in [6.45, 7) is 13.7. The summed E-state index contributed by atoms with van der Waals surface area (Å²) in [5.41, 5.74) is 3.49. The van der Waals surface area contributed by atoms with Crippen LogP contribution in [-0.4, -0.2) is 0 Å². The molecule has 13 heavy (non-hydrogen) atoms. The minimum absolute atomic E-state index is 1.08. The second-order valence-electron chi connectivity index (χ2n) is 2.97. The predicted octanol–water partition coefficient (Wildman–Crippen LogP) is 4.20. The minimum atomic E-state index is 1.08. The van der Waals surface area contributed by atoms with Crippen molar-refractivity contribution in [2.24, 2.45) is 0 Å². The number of hydrogen-bond donors (Lipinski definition) is 0.